The smallest absolute Gasteiger partial charge is 0.253 e. The van der Waals surface area contributed by atoms with Crippen molar-refractivity contribution in [1.82, 2.24) is 15.6 Å². The summed E-state index contributed by atoms with van der Waals surface area (Å²) in [7, 11) is 0. The Kier molecular flexibility index (Phi) is 6.51. The van der Waals surface area contributed by atoms with Gasteiger partial charge in [-0.1, -0.05) is 41.9 Å². The fourth-order valence-corrected chi connectivity index (χ4v) is 3.24. The van der Waals surface area contributed by atoms with Crippen molar-refractivity contribution in [3.05, 3.63) is 70.9 Å². The maximum absolute atomic E-state index is 12.7. The molecule has 0 saturated heterocycles. The van der Waals surface area contributed by atoms with Crippen molar-refractivity contribution in [3.63, 3.8) is 0 Å². The van der Waals surface area contributed by atoms with E-state index < -0.39 is 23.8 Å². The van der Waals surface area contributed by atoms with Gasteiger partial charge in [0.25, 0.3) is 5.91 Å². The molecule has 2 amide bonds. The molecule has 0 saturated carbocycles. The van der Waals surface area contributed by atoms with E-state index in [0.717, 1.165) is 16.5 Å². The molecule has 3 N–H and O–H groups in total. The summed E-state index contributed by atoms with van der Waals surface area (Å²) in [6.07, 6.45) is 1.69. The molecule has 3 rings (SSSR count). The van der Waals surface area contributed by atoms with Crippen LogP contribution in [0.25, 0.3) is 10.9 Å². The fraction of sp³-hybridized carbons (Fsp3) is 0.190. The molecule has 3 aromatic rings. The second-order valence-corrected chi connectivity index (χ2v) is 6.89. The number of hydrogen-bond donors (Lipinski definition) is 3. The predicted octanol–water partition coefficient (Wildman–Crippen LogP) is 1.42. The molecule has 0 aliphatic rings. The Bertz CT molecular complexity index is 1050. The van der Waals surface area contributed by atoms with Crippen molar-refractivity contribution in [3.8, 4) is 0 Å². The number of hydrogen-bond acceptors (Lipinski definition) is 4. The van der Waals surface area contributed by atoms with E-state index in [0.29, 0.717) is 0 Å². The summed E-state index contributed by atoms with van der Waals surface area (Å²) < 4.78 is 0. The largest absolute Gasteiger partial charge is 0.550 e. The number of carbonyl (C=O) groups is 3. The van der Waals surface area contributed by atoms with Gasteiger partial charge in [0.1, 0.15) is 6.04 Å². The molecule has 0 fully saturated rings. The van der Waals surface area contributed by atoms with Crippen molar-refractivity contribution in [2.75, 3.05) is 6.54 Å². The Morgan fingerprint density at radius 2 is 1.79 bits per heavy atom. The van der Waals surface area contributed by atoms with Gasteiger partial charge in [-0.15, -0.1) is 0 Å². The van der Waals surface area contributed by atoms with Crippen molar-refractivity contribution >= 4 is 40.3 Å². The van der Waals surface area contributed by atoms with Crippen LogP contribution in [-0.2, 0) is 16.0 Å². The first-order valence-electron chi connectivity index (χ1n) is 9.03. The van der Waals surface area contributed by atoms with Gasteiger partial charge in [-0.3, -0.25) is 9.59 Å². The standard InChI is InChI=1S/C21H20ClN3O4/c22-16-7-3-1-6-15(16)20(28)25-18(21(29)23-10-9-19(26)27)11-13-12-24-17-8-4-2-5-14(13)17/h1-8,12,18,24H,9-11H2,(H,23,29)(H,25,28)(H,26,27)/p-1/t18-/m0/s1. The highest BCUT2D eigenvalue weighted by Gasteiger charge is 2.23. The van der Waals surface area contributed by atoms with Crippen LogP contribution in [0.2, 0.25) is 5.02 Å². The maximum Gasteiger partial charge on any atom is 0.253 e. The molecular weight excluding hydrogens is 394 g/mol. The summed E-state index contributed by atoms with van der Waals surface area (Å²) in [6, 6.07) is 13.2. The number of carboxylic acid groups (broad SMARTS) is 1. The van der Waals surface area contributed by atoms with E-state index in [4.69, 9.17) is 11.6 Å². The van der Waals surface area contributed by atoms with Crippen LogP contribution in [0, 0.1) is 0 Å². The lowest BCUT2D eigenvalue weighted by Crippen LogP contribution is -2.48. The van der Waals surface area contributed by atoms with Crippen molar-refractivity contribution < 1.29 is 19.5 Å². The third-order valence-corrected chi connectivity index (χ3v) is 4.80. The van der Waals surface area contributed by atoms with Crippen LogP contribution < -0.4 is 15.7 Å². The zero-order valence-corrected chi connectivity index (χ0v) is 16.2. The van der Waals surface area contributed by atoms with Crippen LogP contribution in [-0.4, -0.2) is 35.4 Å². The molecule has 0 bridgehead atoms. The Morgan fingerprint density at radius 3 is 2.55 bits per heavy atom. The average molecular weight is 413 g/mol. The lowest BCUT2D eigenvalue weighted by molar-refractivity contribution is -0.305. The minimum Gasteiger partial charge on any atom is -0.550 e. The number of carbonyl (C=O) groups excluding carboxylic acids is 3. The molecule has 2 aromatic carbocycles. The average Bonchev–Trinajstić information content (AvgIpc) is 3.10. The first-order chi connectivity index (χ1) is 14.0. The number of amides is 2. The Hall–Kier alpha value is -3.32. The Balaban J connectivity index is 1.81. The number of aromatic nitrogens is 1. The van der Waals surface area contributed by atoms with Crippen LogP contribution in [0.4, 0.5) is 0 Å². The highest BCUT2D eigenvalue weighted by molar-refractivity contribution is 6.33. The summed E-state index contributed by atoms with van der Waals surface area (Å²) in [5, 5.41) is 17.0. The third kappa shape index (κ3) is 5.14. The molecule has 1 heterocycles. The first kappa shape index (κ1) is 20.4. The Labute approximate surface area is 172 Å². The lowest BCUT2D eigenvalue weighted by atomic mass is 10.0. The molecule has 0 unspecified atom stereocenters. The van der Waals surface area contributed by atoms with Crippen LogP contribution in [0.15, 0.2) is 54.7 Å². The van der Waals surface area contributed by atoms with Gasteiger partial charge in [-0.25, -0.2) is 0 Å². The number of aliphatic carboxylic acids is 1. The molecule has 1 aromatic heterocycles. The predicted molar refractivity (Wildman–Crippen MR) is 107 cm³/mol. The second kappa shape index (κ2) is 9.25. The normalized spacial score (nSPS) is 11.8. The summed E-state index contributed by atoms with van der Waals surface area (Å²) in [5.41, 5.74) is 2.01. The molecule has 1 atom stereocenters. The van der Waals surface area contributed by atoms with Gasteiger partial charge >= 0.3 is 0 Å². The quantitative estimate of drug-likeness (QED) is 0.519. The van der Waals surface area contributed by atoms with Crippen LogP contribution in [0.1, 0.15) is 22.3 Å². The summed E-state index contributed by atoms with van der Waals surface area (Å²) in [5.74, 6) is -2.24. The monoisotopic (exact) mass is 412 g/mol. The topological polar surface area (TPSA) is 114 Å². The molecule has 0 aliphatic heterocycles. The van der Waals surface area contributed by atoms with Gasteiger partial charge in [0.2, 0.25) is 5.91 Å². The summed E-state index contributed by atoms with van der Waals surface area (Å²) in [4.78, 5) is 39.1. The van der Waals surface area contributed by atoms with E-state index in [1.165, 1.54) is 0 Å². The lowest BCUT2D eigenvalue weighted by Gasteiger charge is -2.19. The van der Waals surface area contributed by atoms with Crippen LogP contribution in [0.5, 0.6) is 0 Å². The number of para-hydroxylation sites is 1. The highest BCUT2D eigenvalue weighted by Crippen LogP contribution is 2.20. The van der Waals surface area contributed by atoms with Gasteiger partial charge in [-0.05, 0) is 23.8 Å². The summed E-state index contributed by atoms with van der Waals surface area (Å²) in [6.45, 7) is -0.0898. The Morgan fingerprint density at radius 1 is 1.07 bits per heavy atom. The zero-order chi connectivity index (χ0) is 20.8. The number of fused-ring (bicyclic) bond motifs is 1. The molecular formula is C21H19ClN3O4-. The van der Waals surface area contributed by atoms with E-state index in [1.807, 2.05) is 24.3 Å². The van der Waals surface area contributed by atoms with E-state index in [2.05, 4.69) is 15.6 Å². The molecule has 0 radical (unpaired) electrons. The number of carboxylic acids is 1. The van der Waals surface area contributed by atoms with E-state index in [-0.39, 0.29) is 30.0 Å². The van der Waals surface area contributed by atoms with Gasteiger partial charge in [-0.2, -0.15) is 0 Å². The van der Waals surface area contributed by atoms with E-state index >= 15 is 0 Å². The molecule has 7 nitrogen and oxygen atoms in total. The minimum absolute atomic E-state index is 0.0898. The first-order valence-corrected chi connectivity index (χ1v) is 9.41. The van der Waals surface area contributed by atoms with E-state index in [9.17, 15) is 19.5 Å². The molecule has 29 heavy (non-hydrogen) atoms. The number of halogens is 1. The van der Waals surface area contributed by atoms with Gasteiger partial charge in [0, 0.05) is 42.5 Å². The minimum atomic E-state index is -1.27. The summed E-state index contributed by atoms with van der Waals surface area (Å²) >= 11 is 6.08. The third-order valence-electron chi connectivity index (χ3n) is 4.47. The van der Waals surface area contributed by atoms with Gasteiger partial charge < -0.3 is 25.5 Å². The highest BCUT2D eigenvalue weighted by atomic mass is 35.5. The zero-order valence-electron chi connectivity index (χ0n) is 15.4. The molecule has 8 heteroatoms. The van der Waals surface area contributed by atoms with Gasteiger partial charge in [0.15, 0.2) is 0 Å². The number of benzene rings is 2. The van der Waals surface area contributed by atoms with Crippen molar-refractivity contribution in [2.45, 2.75) is 18.9 Å². The van der Waals surface area contributed by atoms with Crippen LogP contribution >= 0.6 is 11.6 Å². The van der Waals surface area contributed by atoms with Crippen LogP contribution in [0.3, 0.4) is 0 Å². The maximum atomic E-state index is 12.7. The molecule has 0 spiro atoms. The van der Waals surface area contributed by atoms with Crippen molar-refractivity contribution in [2.24, 2.45) is 0 Å². The van der Waals surface area contributed by atoms with Gasteiger partial charge in [0.05, 0.1) is 10.6 Å². The number of nitrogens with one attached hydrogen (secondary N) is 3. The molecule has 0 aliphatic carbocycles. The SMILES string of the molecule is O=C([O-])CCNC(=O)[C@H](Cc1c[nH]c2ccccc12)NC(=O)c1ccccc1Cl. The number of rotatable bonds is 8. The number of H-pyrrole nitrogens is 1. The van der Waals surface area contributed by atoms with E-state index in [1.54, 1.807) is 30.5 Å². The number of aromatic amines is 1. The van der Waals surface area contributed by atoms with Crippen molar-refractivity contribution in [1.29, 1.82) is 0 Å². The molecule has 150 valence electrons. The second-order valence-electron chi connectivity index (χ2n) is 6.48. The fourth-order valence-electron chi connectivity index (χ4n) is 3.02.